The van der Waals surface area contributed by atoms with Crippen molar-refractivity contribution in [1.82, 2.24) is 16.0 Å². The van der Waals surface area contributed by atoms with Crippen molar-refractivity contribution in [3.05, 3.63) is 29.0 Å². The minimum absolute atomic E-state index is 0.000398. The second-order valence-corrected chi connectivity index (χ2v) is 8.97. The molecule has 1 aliphatic heterocycles. The van der Waals surface area contributed by atoms with Gasteiger partial charge in [-0.15, -0.1) is 0 Å². The molecular formula is C21H27ClFN3O4. The van der Waals surface area contributed by atoms with Crippen molar-refractivity contribution in [2.45, 2.75) is 56.3 Å². The number of nitrogens with one attached hydrogen (secondary N) is 3. The Kier molecular flexibility index (Phi) is 6.46. The third kappa shape index (κ3) is 4.87. The third-order valence-corrected chi connectivity index (χ3v) is 6.79. The largest absolute Gasteiger partial charge is 0.484 e. The number of rotatable bonds is 6. The van der Waals surface area contributed by atoms with Crippen molar-refractivity contribution in [2.24, 2.45) is 11.8 Å². The minimum Gasteiger partial charge on any atom is -0.484 e. The summed E-state index contributed by atoms with van der Waals surface area (Å²) in [6.07, 6.45) is 3.27. The molecule has 4 fully saturated rings. The summed E-state index contributed by atoms with van der Waals surface area (Å²) in [6, 6.07) is 3.66. The van der Waals surface area contributed by atoms with E-state index in [0.717, 1.165) is 18.9 Å². The number of fused-ring (bicyclic) bond motifs is 2. The van der Waals surface area contributed by atoms with Gasteiger partial charge in [0.15, 0.2) is 6.61 Å². The number of hydrogen-bond acceptors (Lipinski definition) is 5. The van der Waals surface area contributed by atoms with Crippen molar-refractivity contribution >= 4 is 23.4 Å². The Morgan fingerprint density at radius 3 is 2.60 bits per heavy atom. The first-order chi connectivity index (χ1) is 14.4. The van der Waals surface area contributed by atoms with E-state index in [1.807, 2.05) is 0 Å². The van der Waals surface area contributed by atoms with E-state index in [1.165, 1.54) is 12.1 Å². The van der Waals surface area contributed by atoms with Crippen LogP contribution in [0.3, 0.4) is 0 Å². The van der Waals surface area contributed by atoms with E-state index < -0.39 is 11.9 Å². The van der Waals surface area contributed by atoms with Gasteiger partial charge in [0.05, 0.1) is 17.2 Å². The van der Waals surface area contributed by atoms with Crippen molar-refractivity contribution in [3.8, 4) is 5.75 Å². The lowest BCUT2D eigenvalue weighted by atomic mass is 9.60. The molecule has 0 spiro atoms. The molecule has 7 nitrogen and oxygen atoms in total. The summed E-state index contributed by atoms with van der Waals surface area (Å²) >= 11 is 5.64. The van der Waals surface area contributed by atoms with Gasteiger partial charge in [-0.05, 0) is 62.6 Å². The van der Waals surface area contributed by atoms with Crippen LogP contribution in [0.2, 0.25) is 5.02 Å². The van der Waals surface area contributed by atoms with E-state index in [0.29, 0.717) is 37.6 Å². The maximum atomic E-state index is 13.5. The van der Waals surface area contributed by atoms with Crippen molar-refractivity contribution in [2.75, 3.05) is 13.2 Å². The number of amides is 2. The van der Waals surface area contributed by atoms with E-state index in [-0.39, 0.29) is 47.3 Å². The molecule has 1 aromatic carbocycles. The summed E-state index contributed by atoms with van der Waals surface area (Å²) in [5, 5.41) is 19.1. The predicted molar refractivity (Wildman–Crippen MR) is 109 cm³/mol. The molecule has 2 amide bonds. The zero-order valence-electron chi connectivity index (χ0n) is 16.6. The average molecular weight is 440 g/mol. The molecule has 9 heteroatoms. The molecule has 1 heterocycles. The topological polar surface area (TPSA) is 99.7 Å². The Bertz CT molecular complexity index is 804. The van der Waals surface area contributed by atoms with Crippen molar-refractivity contribution in [1.29, 1.82) is 0 Å². The molecule has 3 aliphatic carbocycles. The zero-order chi connectivity index (χ0) is 21.3. The van der Waals surface area contributed by atoms with Gasteiger partial charge in [-0.25, -0.2) is 4.39 Å². The Morgan fingerprint density at radius 2 is 1.90 bits per heavy atom. The Morgan fingerprint density at radius 1 is 1.17 bits per heavy atom. The second-order valence-electron chi connectivity index (χ2n) is 8.57. The molecule has 1 saturated heterocycles. The molecular weight excluding hydrogens is 413 g/mol. The number of piperidine rings is 1. The highest BCUT2D eigenvalue weighted by molar-refractivity contribution is 6.30. The van der Waals surface area contributed by atoms with Crippen LogP contribution in [0.15, 0.2) is 18.2 Å². The first-order valence-corrected chi connectivity index (χ1v) is 10.9. The maximum Gasteiger partial charge on any atom is 0.258 e. The van der Waals surface area contributed by atoms with Gasteiger partial charge in [-0.2, -0.15) is 0 Å². The SMILES string of the molecule is O=C(COc1ccc(Cl)c(F)c1)NC1C[C@@H](NC(=O)C2CC(O)CCN2)C2CC1C2. The molecule has 0 aromatic heterocycles. The first-order valence-electron chi connectivity index (χ1n) is 10.5. The van der Waals surface area contributed by atoms with Crippen molar-refractivity contribution < 1.29 is 23.8 Å². The summed E-state index contributed by atoms with van der Waals surface area (Å²) in [7, 11) is 0. The molecule has 2 bridgehead atoms. The van der Waals surface area contributed by atoms with E-state index in [9.17, 15) is 19.1 Å². The van der Waals surface area contributed by atoms with Crippen molar-refractivity contribution in [3.63, 3.8) is 0 Å². The fourth-order valence-corrected chi connectivity index (χ4v) is 4.84. The van der Waals surface area contributed by atoms with Crippen LogP contribution < -0.4 is 20.7 Å². The average Bonchev–Trinajstić information content (AvgIpc) is 2.68. The van der Waals surface area contributed by atoms with Crippen LogP contribution in [0.5, 0.6) is 5.75 Å². The second kappa shape index (κ2) is 9.08. The van der Waals surface area contributed by atoms with Crippen LogP contribution >= 0.6 is 11.6 Å². The van der Waals surface area contributed by atoms with E-state index in [4.69, 9.17) is 16.3 Å². The monoisotopic (exact) mass is 439 g/mol. The van der Waals surface area contributed by atoms with Crippen LogP contribution in [-0.4, -0.2) is 54.3 Å². The fraction of sp³-hybridized carbons (Fsp3) is 0.619. The molecule has 3 saturated carbocycles. The lowest BCUT2D eigenvalue weighted by Crippen LogP contribution is -2.62. The number of aliphatic hydroxyl groups excluding tert-OH is 1. The van der Waals surface area contributed by atoms with Crippen LogP contribution in [0, 0.1) is 17.7 Å². The number of aliphatic hydroxyl groups is 1. The Hall–Kier alpha value is -1.90. The van der Waals surface area contributed by atoms with Gasteiger partial charge in [-0.3, -0.25) is 9.59 Å². The molecule has 5 rings (SSSR count). The molecule has 30 heavy (non-hydrogen) atoms. The number of ether oxygens (including phenoxy) is 1. The molecule has 0 radical (unpaired) electrons. The normalized spacial score (nSPS) is 32.6. The number of halogens is 2. The van der Waals surface area contributed by atoms with Gasteiger partial charge in [0.1, 0.15) is 11.6 Å². The van der Waals surface area contributed by atoms with Crippen LogP contribution in [0.4, 0.5) is 4.39 Å². The summed E-state index contributed by atoms with van der Waals surface area (Å²) in [5.74, 6) is 0.140. The predicted octanol–water partition coefficient (Wildman–Crippen LogP) is 1.37. The number of benzene rings is 1. The van der Waals surface area contributed by atoms with Crippen LogP contribution in [0.1, 0.15) is 32.1 Å². The standard InChI is InChI=1S/C21H27ClFN3O4/c22-15-2-1-14(8-16(15)23)30-10-20(28)25-17-9-18(12-5-11(17)6-12)26-21(29)19-7-13(27)3-4-24-19/h1-2,8,11-13,17-19,24,27H,3-7,9-10H2,(H,25,28)(H,26,29)/t11?,12?,13?,17?,18-,19?/m1/s1. The van der Waals surface area contributed by atoms with Gasteiger partial charge >= 0.3 is 0 Å². The van der Waals surface area contributed by atoms with Gasteiger partial charge in [0.2, 0.25) is 5.91 Å². The number of carbonyl (C=O) groups excluding carboxylic acids is 2. The smallest absolute Gasteiger partial charge is 0.258 e. The summed E-state index contributed by atoms with van der Waals surface area (Å²) in [6.45, 7) is 0.417. The molecule has 3 unspecified atom stereocenters. The number of hydrogen-bond donors (Lipinski definition) is 4. The van der Waals surface area contributed by atoms with Gasteiger partial charge in [0.25, 0.3) is 5.91 Å². The van der Waals surface area contributed by atoms with E-state index in [1.54, 1.807) is 0 Å². The molecule has 4 N–H and O–H groups in total. The maximum absolute atomic E-state index is 13.5. The third-order valence-electron chi connectivity index (χ3n) is 6.48. The molecule has 4 aliphatic rings. The minimum atomic E-state index is -0.596. The van der Waals surface area contributed by atoms with Crippen LogP contribution in [-0.2, 0) is 9.59 Å². The van der Waals surface area contributed by atoms with E-state index >= 15 is 0 Å². The highest BCUT2D eigenvalue weighted by Gasteiger charge is 2.47. The molecule has 1 aromatic rings. The molecule has 164 valence electrons. The van der Waals surface area contributed by atoms with Gasteiger partial charge < -0.3 is 25.8 Å². The summed E-state index contributed by atoms with van der Waals surface area (Å²) in [5.41, 5.74) is 0. The highest BCUT2D eigenvalue weighted by atomic mass is 35.5. The lowest BCUT2D eigenvalue weighted by molar-refractivity contribution is -0.128. The quantitative estimate of drug-likeness (QED) is 0.536. The summed E-state index contributed by atoms with van der Waals surface area (Å²) < 4.78 is 18.8. The molecule has 4 atom stereocenters. The highest BCUT2D eigenvalue weighted by Crippen LogP contribution is 2.45. The fourth-order valence-electron chi connectivity index (χ4n) is 4.72. The zero-order valence-corrected chi connectivity index (χ0v) is 17.3. The number of carbonyl (C=O) groups is 2. The van der Waals surface area contributed by atoms with Gasteiger partial charge in [0, 0.05) is 18.2 Å². The lowest BCUT2D eigenvalue weighted by Gasteiger charge is -2.51. The Balaban J connectivity index is 1.26. The van der Waals surface area contributed by atoms with Gasteiger partial charge in [-0.1, -0.05) is 11.6 Å². The first kappa shape index (κ1) is 21.3. The van der Waals surface area contributed by atoms with E-state index in [2.05, 4.69) is 16.0 Å². The van der Waals surface area contributed by atoms with Crippen LogP contribution in [0.25, 0.3) is 0 Å². The Labute approximate surface area is 179 Å². The summed E-state index contributed by atoms with van der Waals surface area (Å²) in [4.78, 5) is 24.9.